The zero-order chi connectivity index (χ0) is 25.6. The molecule has 198 valence electrons. The summed E-state index contributed by atoms with van der Waals surface area (Å²) in [6, 6.07) is 0. The lowest BCUT2D eigenvalue weighted by Crippen LogP contribution is -2.57. The Morgan fingerprint density at radius 2 is 1.83 bits per heavy atom. The van der Waals surface area contributed by atoms with Gasteiger partial charge < -0.3 is 23.8 Å². The van der Waals surface area contributed by atoms with Gasteiger partial charge in [0.2, 0.25) is 5.91 Å². The minimum atomic E-state index is -4.10. The molecule has 3 heterocycles. The van der Waals surface area contributed by atoms with Gasteiger partial charge in [-0.15, -0.1) is 0 Å². The lowest BCUT2D eigenvalue weighted by Gasteiger charge is -2.42. The van der Waals surface area contributed by atoms with Crippen LogP contribution in [0.15, 0.2) is 11.6 Å². The first-order chi connectivity index (χ1) is 16.4. The zero-order valence-electron chi connectivity index (χ0n) is 21.1. The number of piperazine rings is 1. The minimum Gasteiger partial charge on any atom is -0.443 e. The molecule has 4 aliphatic rings. The van der Waals surface area contributed by atoms with Crippen molar-refractivity contribution in [2.75, 3.05) is 39.9 Å². The first kappa shape index (κ1) is 26.3. The Morgan fingerprint density at radius 3 is 2.37 bits per heavy atom. The number of methoxy groups -OCH3 is 1. The zero-order valence-corrected chi connectivity index (χ0v) is 21.9. The number of allylic oxidation sites excluding steroid dienone is 1. The number of hydrogen-bond acceptors (Lipinski definition) is 8. The van der Waals surface area contributed by atoms with Crippen molar-refractivity contribution in [3.05, 3.63) is 11.6 Å². The summed E-state index contributed by atoms with van der Waals surface area (Å²) in [7, 11) is -2.53. The molecule has 0 unspecified atom stereocenters. The molecule has 0 bridgehead atoms. The van der Waals surface area contributed by atoms with E-state index < -0.39 is 34.1 Å². The number of carbonyl (C=O) groups excluding carboxylic acids is 2. The number of carbonyl (C=O) groups is 2. The normalized spacial score (nSPS) is 37.0. The maximum absolute atomic E-state index is 12.7. The molecule has 0 aromatic carbocycles. The van der Waals surface area contributed by atoms with Crippen molar-refractivity contribution >= 4 is 22.2 Å². The van der Waals surface area contributed by atoms with E-state index in [1.807, 2.05) is 25.5 Å². The Labute approximate surface area is 207 Å². The van der Waals surface area contributed by atoms with E-state index in [9.17, 15) is 18.0 Å². The summed E-state index contributed by atoms with van der Waals surface area (Å²) >= 11 is 0. The van der Waals surface area contributed by atoms with Crippen LogP contribution in [0.4, 0.5) is 4.79 Å². The molecule has 4 fully saturated rings. The monoisotopic (exact) mass is 515 g/mol. The van der Waals surface area contributed by atoms with Crippen LogP contribution in [0, 0.1) is 5.92 Å². The van der Waals surface area contributed by atoms with Crippen molar-refractivity contribution in [3.8, 4) is 0 Å². The van der Waals surface area contributed by atoms with Crippen LogP contribution >= 0.6 is 0 Å². The summed E-state index contributed by atoms with van der Waals surface area (Å²) in [5.74, 6) is -0.265. The van der Waals surface area contributed by atoms with Gasteiger partial charge in [0.25, 0.3) is 0 Å². The standard InChI is InChI=1S/C23H37N3O8S/c1-15(2)6-7-18-22(4,34-18)20-19(31-5)17(8-9-23(20)14-32-23)33-21(28)24-35(29,30)26-12-10-25(11-13-26)16(3)27/h6,17-20H,7-14H2,1-5H3,(H,24,28)/t17-,18-,19-,20-,22-,23+/m1/s1. The van der Waals surface area contributed by atoms with E-state index in [2.05, 4.69) is 6.08 Å². The second-order valence-electron chi connectivity index (χ2n) is 10.3. The van der Waals surface area contributed by atoms with E-state index in [1.165, 1.54) is 12.5 Å². The molecule has 3 aliphatic heterocycles. The number of rotatable bonds is 7. The van der Waals surface area contributed by atoms with Gasteiger partial charge in [0.1, 0.15) is 23.4 Å². The molecule has 0 aromatic rings. The summed E-state index contributed by atoms with van der Waals surface area (Å²) in [6.07, 6.45) is 1.92. The molecule has 6 atom stereocenters. The Hall–Kier alpha value is -1.73. The maximum Gasteiger partial charge on any atom is 0.422 e. The molecular formula is C23H37N3O8S. The van der Waals surface area contributed by atoms with Gasteiger partial charge in [0.15, 0.2) is 0 Å². The van der Waals surface area contributed by atoms with Crippen molar-refractivity contribution in [1.29, 1.82) is 0 Å². The lowest BCUT2D eigenvalue weighted by molar-refractivity contribution is -0.130. The van der Waals surface area contributed by atoms with E-state index in [1.54, 1.807) is 12.0 Å². The summed E-state index contributed by atoms with van der Waals surface area (Å²) in [5, 5.41) is 0. The highest BCUT2D eigenvalue weighted by atomic mass is 32.2. The Kier molecular flexibility index (Phi) is 7.24. The Bertz CT molecular complexity index is 969. The maximum atomic E-state index is 12.7. The number of amides is 2. The first-order valence-electron chi connectivity index (χ1n) is 12.1. The number of epoxide rings is 2. The fraction of sp³-hybridized carbons (Fsp3) is 0.826. The summed E-state index contributed by atoms with van der Waals surface area (Å²) in [6.45, 7) is 8.94. The van der Waals surface area contributed by atoms with E-state index >= 15 is 0 Å². The largest absolute Gasteiger partial charge is 0.443 e. The average molecular weight is 516 g/mol. The van der Waals surface area contributed by atoms with E-state index in [0.717, 1.165) is 10.7 Å². The minimum absolute atomic E-state index is 0.0164. The van der Waals surface area contributed by atoms with Crippen LogP contribution in [0.2, 0.25) is 0 Å². The lowest BCUT2D eigenvalue weighted by atomic mass is 9.68. The quantitative estimate of drug-likeness (QED) is 0.395. The molecule has 2 amide bonds. The van der Waals surface area contributed by atoms with Crippen LogP contribution in [-0.4, -0.2) is 99.0 Å². The van der Waals surface area contributed by atoms with Gasteiger partial charge in [-0.3, -0.25) is 4.79 Å². The third-order valence-corrected chi connectivity index (χ3v) is 9.20. The average Bonchev–Trinajstić information content (AvgIpc) is 3.70. The van der Waals surface area contributed by atoms with Crippen LogP contribution in [0.25, 0.3) is 0 Å². The Balaban J connectivity index is 1.40. The van der Waals surface area contributed by atoms with Gasteiger partial charge in [0, 0.05) is 40.2 Å². The molecule has 11 nitrogen and oxygen atoms in total. The van der Waals surface area contributed by atoms with E-state index in [-0.39, 0.29) is 49.7 Å². The Morgan fingerprint density at radius 1 is 1.17 bits per heavy atom. The highest BCUT2D eigenvalue weighted by Gasteiger charge is 2.72. The fourth-order valence-corrected chi connectivity index (χ4v) is 6.68. The van der Waals surface area contributed by atoms with Crippen molar-refractivity contribution in [2.24, 2.45) is 5.92 Å². The van der Waals surface area contributed by atoms with Crippen LogP contribution in [0.3, 0.4) is 0 Å². The second-order valence-corrected chi connectivity index (χ2v) is 12.0. The smallest absolute Gasteiger partial charge is 0.422 e. The third-order valence-electron chi connectivity index (χ3n) is 7.73. The van der Waals surface area contributed by atoms with Crippen LogP contribution < -0.4 is 4.72 Å². The molecule has 1 saturated carbocycles. The summed E-state index contributed by atoms with van der Waals surface area (Å²) < 4.78 is 52.1. The van der Waals surface area contributed by atoms with Gasteiger partial charge in [0.05, 0.1) is 18.6 Å². The highest BCUT2D eigenvalue weighted by Crippen LogP contribution is 2.59. The molecule has 12 heteroatoms. The molecule has 35 heavy (non-hydrogen) atoms. The molecule has 1 aliphatic carbocycles. The molecular weight excluding hydrogens is 478 g/mol. The summed E-state index contributed by atoms with van der Waals surface area (Å²) in [5.41, 5.74) is 0.367. The van der Waals surface area contributed by atoms with Gasteiger partial charge >= 0.3 is 16.3 Å². The highest BCUT2D eigenvalue weighted by molar-refractivity contribution is 7.87. The van der Waals surface area contributed by atoms with E-state index in [4.69, 9.17) is 18.9 Å². The second kappa shape index (κ2) is 9.62. The van der Waals surface area contributed by atoms with Crippen molar-refractivity contribution < 1.29 is 37.0 Å². The van der Waals surface area contributed by atoms with Gasteiger partial charge in [-0.05, 0) is 40.0 Å². The van der Waals surface area contributed by atoms with Gasteiger partial charge in [-0.1, -0.05) is 11.6 Å². The topological polar surface area (TPSA) is 130 Å². The van der Waals surface area contributed by atoms with Gasteiger partial charge in [-0.2, -0.15) is 12.7 Å². The molecule has 0 aromatic heterocycles. The van der Waals surface area contributed by atoms with Crippen LogP contribution in [-0.2, 0) is 34.0 Å². The SMILES string of the molecule is CO[C@@H]1[C@H](OC(=O)NS(=O)(=O)N2CCN(C(C)=O)CC2)CC[C@]2(CO2)[C@H]1[C@]1(C)O[C@@H]1CC=C(C)C. The van der Waals surface area contributed by atoms with Crippen LogP contribution in [0.1, 0.15) is 47.0 Å². The third kappa shape index (κ3) is 5.36. The predicted octanol–water partition coefficient (Wildman–Crippen LogP) is 1.20. The molecule has 0 radical (unpaired) electrons. The van der Waals surface area contributed by atoms with E-state index in [0.29, 0.717) is 19.4 Å². The van der Waals surface area contributed by atoms with Crippen LogP contribution in [0.5, 0.6) is 0 Å². The van der Waals surface area contributed by atoms with Gasteiger partial charge in [-0.25, -0.2) is 9.52 Å². The number of nitrogens with zero attached hydrogens (tertiary/aromatic N) is 2. The summed E-state index contributed by atoms with van der Waals surface area (Å²) in [4.78, 5) is 25.7. The first-order valence-corrected chi connectivity index (χ1v) is 13.6. The molecule has 4 rings (SSSR count). The molecule has 1 spiro atoms. The number of ether oxygens (including phenoxy) is 4. The van der Waals surface area contributed by atoms with Crippen molar-refractivity contribution in [3.63, 3.8) is 0 Å². The molecule has 1 N–H and O–H groups in total. The fourth-order valence-electron chi connectivity index (χ4n) is 5.64. The molecule has 3 saturated heterocycles. The van der Waals surface area contributed by atoms with Crippen molar-refractivity contribution in [1.82, 2.24) is 13.9 Å². The van der Waals surface area contributed by atoms with Crippen molar-refractivity contribution in [2.45, 2.75) is 76.5 Å². The number of hydrogen-bond donors (Lipinski definition) is 1. The predicted molar refractivity (Wildman–Crippen MR) is 126 cm³/mol. The number of nitrogens with one attached hydrogen (secondary N) is 1.